The third-order valence-electron chi connectivity index (χ3n) is 3.24. The molecule has 1 saturated heterocycles. The molecule has 18 heavy (non-hydrogen) atoms. The van der Waals surface area contributed by atoms with Crippen LogP contribution in [0.3, 0.4) is 0 Å². The quantitative estimate of drug-likeness (QED) is 0.862. The predicted octanol–water partition coefficient (Wildman–Crippen LogP) is 1.54. The third-order valence-corrected chi connectivity index (χ3v) is 3.24. The lowest BCUT2D eigenvalue weighted by atomic mass is 10.2. The molecule has 0 radical (unpaired) electrons. The molecule has 5 nitrogen and oxygen atoms in total. The number of aromatic nitrogens is 2. The molecular formula is C13H22N4O. The summed E-state index contributed by atoms with van der Waals surface area (Å²) < 4.78 is 5.75. The normalized spacial score (nSPS) is 24.3. The van der Waals surface area contributed by atoms with Gasteiger partial charge in [-0.3, -0.25) is 0 Å². The molecule has 0 aliphatic carbocycles. The zero-order chi connectivity index (χ0) is 13.3. The number of ether oxygens (including phenoxy) is 1. The van der Waals surface area contributed by atoms with Gasteiger partial charge in [-0.25, -0.2) is 9.97 Å². The second-order valence-corrected chi connectivity index (χ2v) is 4.99. The molecular weight excluding hydrogens is 228 g/mol. The van der Waals surface area contributed by atoms with Gasteiger partial charge >= 0.3 is 0 Å². The Kier molecular flexibility index (Phi) is 3.71. The molecule has 0 unspecified atom stereocenters. The summed E-state index contributed by atoms with van der Waals surface area (Å²) in [5, 5.41) is 0. The lowest BCUT2D eigenvalue weighted by molar-refractivity contribution is -0.00550. The summed E-state index contributed by atoms with van der Waals surface area (Å²) in [4.78, 5) is 11.2. The fraction of sp³-hybridized carbons (Fsp3) is 0.692. The molecule has 5 heteroatoms. The molecule has 1 aromatic rings. The number of hydrogen-bond acceptors (Lipinski definition) is 5. The van der Waals surface area contributed by atoms with Crippen molar-refractivity contribution in [3.8, 4) is 0 Å². The van der Waals surface area contributed by atoms with Crippen LogP contribution in [0.1, 0.15) is 32.2 Å². The van der Waals surface area contributed by atoms with Crippen molar-refractivity contribution in [1.82, 2.24) is 9.97 Å². The van der Waals surface area contributed by atoms with Crippen molar-refractivity contribution in [2.75, 3.05) is 23.7 Å². The molecule has 2 atom stereocenters. The summed E-state index contributed by atoms with van der Waals surface area (Å²) in [6.07, 6.45) is 1.23. The molecule has 0 aromatic carbocycles. The van der Waals surface area contributed by atoms with Gasteiger partial charge in [0.2, 0.25) is 0 Å². The molecule has 1 fully saturated rings. The van der Waals surface area contributed by atoms with E-state index in [2.05, 4.69) is 28.7 Å². The summed E-state index contributed by atoms with van der Waals surface area (Å²) >= 11 is 0. The van der Waals surface area contributed by atoms with Gasteiger partial charge in [0.15, 0.2) is 0 Å². The van der Waals surface area contributed by atoms with E-state index in [9.17, 15) is 0 Å². The van der Waals surface area contributed by atoms with Crippen molar-refractivity contribution in [3.63, 3.8) is 0 Å². The second-order valence-electron chi connectivity index (χ2n) is 4.99. The average Bonchev–Trinajstić information content (AvgIpc) is 2.31. The van der Waals surface area contributed by atoms with Gasteiger partial charge in [0.1, 0.15) is 17.5 Å². The number of rotatable bonds is 2. The maximum atomic E-state index is 5.96. The minimum Gasteiger partial charge on any atom is -0.383 e. The molecule has 0 bridgehead atoms. The highest BCUT2D eigenvalue weighted by Crippen LogP contribution is 2.25. The molecule has 100 valence electrons. The van der Waals surface area contributed by atoms with Crippen molar-refractivity contribution in [1.29, 1.82) is 0 Å². The van der Waals surface area contributed by atoms with E-state index in [0.717, 1.165) is 36.7 Å². The molecule has 1 aliphatic heterocycles. The molecule has 2 rings (SSSR count). The number of morpholine rings is 1. The van der Waals surface area contributed by atoms with Crippen LogP contribution in [0, 0.1) is 6.92 Å². The molecule has 1 aromatic heterocycles. The van der Waals surface area contributed by atoms with E-state index in [4.69, 9.17) is 10.5 Å². The van der Waals surface area contributed by atoms with Crippen LogP contribution in [-0.4, -0.2) is 35.3 Å². The SMILES string of the molecule is CCc1nc(N)c(C)c(N2C[C@@H](C)O[C@@H](C)C2)n1. The van der Waals surface area contributed by atoms with Gasteiger partial charge in [0, 0.05) is 25.1 Å². The number of anilines is 2. The molecule has 1 aliphatic rings. The van der Waals surface area contributed by atoms with Crippen LogP contribution in [0.25, 0.3) is 0 Å². The third kappa shape index (κ3) is 2.56. The van der Waals surface area contributed by atoms with E-state index in [-0.39, 0.29) is 12.2 Å². The first-order chi connectivity index (χ1) is 8.51. The van der Waals surface area contributed by atoms with Crippen molar-refractivity contribution in [3.05, 3.63) is 11.4 Å². The molecule has 2 heterocycles. The number of nitrogens with two attached hydrogens (primary N) is 1. The van der Waals surface area contributed by atoms with E-state index < -0.39 is 0 Å². The Morgan fingerprint density at radius 3 is 2.44 bits per heavy atom. The highest BCUT2D eigenvalue weighted by atomic mass is 16.5. The topological polar surface area (TPSA) is 64.3 Å². The minimum absolute atomic E-state index is 0.217. The summed E-state index contributed by atoms with van der Waals surface area (Å²) in [5.41, 5.74) is 6.93. The fourth-order valence-electron chi connectivity index (χ4n) is 2.39. The zero-order valence-corrected chi connectivity index (χ0v) is 11.6. The van der Waals surface area contributed by atoms with Crippen molar-refractivity contribution in [2.24, 2.45) is 0 Å². The molecule has 0 spiro atoms. The second kappa shape index (κ2) is 5.10. The van der Waals surface area contributed by atoms with Gasteiger partial charge in [0.25, 0.3) is 0 Å². The predicted molar refractivity (Wildman–Crippen MR) is 72.8 cm³/mol. The lowest BCUT2D eigenvalue weighted by Crippen LogP contribution is -2.46. The van der Waals surface area contributed by atoms with E-state index in [0.29, 0.717) is 5.82 Å². The van der Waals surface area contributed by atoms with E-state index in [1.165, 1.54) is 0 Å². The Balaban J connectivity index is 2.34. The largest absolute Gasteiger partial charge is 0.383 e. The van der Waals surface area contributed by atoms with Gasteiger partial charge in [0.05, 0.1) is 12.2 Å². The van der Waals surface area contributed by atoms with Gasteiger partial charge in [-0.05, 0) is 20.8 Å². The molecule has 0 saturated carbocycles. The van der Waals surface area contributed by atoms with Crippen LogP contribution >= 0.6 is 0 Å². The highest BCUT2D eigenvalue weighted by Gasteiger charge is 2.25. The van der Waals surface area contributed by atoms with Gasteiger partial charge < -0.3 is 15.4 Å². The summed E-state index contributed by atoms with van der Waals surface area (Å²) in [5.74, 6) is 2.35. The van der Waals surface area contributed by atoms with Gasteiger partial charge in [-0.2, -0.15) is 0 Å². The molecule has 2 N–H and O–H groups in total. The maximum absolute atomic E-state index is 5.96. The number of hydrogen-bond donors (Lipinski definition) is 1. The Hall–Kier alpha value is -1.36. The van der Waals surface area contributed by atoms with Crippen LogP contribution in [0.2, 0.25) is 0 Å². The monoisotopic (exact) mass is 250 g/mol. The standard InChI is InChI=1S/C13H22N4O/c1-5-11-15-12(14)10(4)13(16-11)17-6-8(2)18-9(3)7-17/h8-9H,5-7H2,1-4H3,(H2,14,15,16)/t8-,9+. The first-order valence-corrected chi connectivity index (χ1v) is 6.54. The Morgan fingerprint density at radius 2 is 1.89 bits per heavy atom. The zero-order valence-electron chi connectivity index (χ0n) is 11.6. The first-order valence-electron chi connectivity index (χ1n) is 6.54. The number of nitrogen functional groups attached to an aromatic ring is 1. The summed E-state index contributed by atoms with van der Waals surface area (Å²) in [6.45, 7) is 9.90. The Labute approximate surface area is 108 Å². The van der Waals surface area contributed by atoms with Gasteiger partial charge in [-0.1, -0.05) is 6.92 Å². The van der Waals surface area contributed by atoms with Gasteiger partial charge in [-0.15, -0.1) is 0 Å². The number of nitrogens with zero attached hydrogens (tertiary/aromatic N) is 3. The minimum atomic E-state index is 0.217. The number of aryl methyl sites for hydroxylation is 1. The summed E-state index contributed by atoms with van der Waals surface area (Å²) in [6, 6.07) is 0. The van der Waals surface area contributed by atoms with Crippen LogP contribution < -0.4 is 10.6 Å². The van der Waals surface area contributed by atoms with Crippen molar-refractivity contribution < 1.29 is 4.74 Å². The smallest absolute Gasteiger partial charge is 0.137 e. The van der Waals surface area contributed by atoms with Crippen LogP contribution in [0.15, 0.2) is 0 Å². The van der Waals surface area contributed by atoms with E-state index in [1.807, 2.05) is 13.8 Å². The highest BCUT2D eigenvalue weighted by molar-refractivity contribution is 5.56. The maximum Gasteiger partial charge on any atom is 0.137 e. The summed E-state index contributed by atoms with van der Waals surface area (Å²) in [7, 11) is 0. The average molecular weight is 250 g/mol. The lowest BCUT2D eigenvalue weighted by Gasteiger charge is -2.36. The first kappa shape index (κ1) is 13.1. The van der Waals surface area contributed by atoms with Crippen molar-refractivity contribution >= 4 is 11.6 Å². The van der Waals surface area contributed by atoms with Crippen LogP contribution in [0.4, 0.5) is 11.6 Å². The van der Waals surface area contributed by atoms with Crippen LogP contribution in [0.5, 0.6) is 0 Å². The fourth-order valence-corrected chi connectivity index (χ4v) is 2.39. The molecule has 0 amide bonds. The van der Waals surface area contributed by atoms with Crippen molar-refractivity contribution in [2.45, 2.75) is 46.3 Å². The Morgan fingerprint density at radius 1 is 1.28 bits per heavy atom. The van der Waals surface area contributed by atoms with Crippen LogP contribution in [-0.2, 0) is 11.2 Å². The van der Waals surface area contributed by atoms with E-state index >= 15 is 0 Å². The Bertz CT molecular complexity index is 425. The van der Waals surface area contributed by atoms with E-state index in [1.54, 1.807) is 0 Å².